The van der Waals surface area contributed by atoms with Crippen molar-refractivity contribution in [2.45, 2.75) is 245 Å². The monoisotopic (exact) mass is 1070 g/mol. The Hall–Kier alpha value is -4.06. The van der Waals surface area contributed by atoms with Gasteiger partial charge in [0.25, 0.3) is 0 Å². The summed E-state index contributed by atoms with van der Waals surface area (Å²) in [7, 11) is 0. The molecule has 0 aliphatic carbocycles. The number of hydrogen-bond donors (Lipinski definition) is 1. The van der Waals surface area contributed by atoms with E-state index in [4.69, 9.17) is 52.1 Å². The maximum absolute atomic E-state index is 13.7. The van der Waals surface area contributed by atoms with Gasteiger partial charge in [-0.3, -0.25) is 4.79 Å². The quantitative estimate of drug-likeness (QED) is 0.146. The normalized spacial score (nSPS) is 44.4. The van der Waals surface area contributed by atoms with Crippen molar-refractivity contribution in [2.24, 2.45) is 11.8 Å². The Balaban J connectivity index is 0.635. The van der Waals surface area contributed by atoms with Crippen LogP contribution in [0.15, 0.2) is 91.1 Å². The second kappa shape index (κ2) is 21.7. The number of carbonyl (C=O) groups is 2. The van der Waals surface area contributed by atoms with Gasteiger partial charge >= 0.3 is 11.9 Å². The number of hydrogen-bond acceptors (Lipinski definition) is 14. The van der Waals surface area contributed by atoms with E-state index < -0.39 is 29.4 Å². The summed E-state index contributed by atoms with van der Waals surface area (Å²) in [6.45, 7) is 13.2. The first-order chi connectivity index (χ1) is 37.7. The highest BCUT2D eigenvalue weighted by Gasteiger charge is 2.57. The lowest BCUT2D eigenvalue weighted by atomic mass is 9.78. The minimum absolute atomic E-state index is 0.0486. The van der Waals surface area contributed by atoms with Crippen LogP contribution in [0, 0.1) is 11.8 Å². The molecule has 10 aliphatic heterocycles. The number of aliphatic hydroxyl groups is 1. The Labute approximate surface area is 458 Å². The summed E-state index contributed by atoms with van der Waals surface area (Å²) >= 11 is 0. The highest BCUT2D eigenvalue weighted by molar-refractivity contribution is 6.16. The molecule has 8 fully saturated rings. The first kappa shape index (κ1) is 53.3. The average Bonchev–Trinajstić information content (AvgIpc) is 3.89. The predicted molar refractivity (Wildman–Crippen MR) is 290 cm³/mol. The summed E-state index contributed by atoms with van der Waals surface area (Å²) in [5.41, 5.74) is 0.117. The van der Waals surface area contributed by atoms with Crippen LogP contribution in [-0.2, 0) is 56.9 Å². The smallest absolute Gasteiger partial charge is 0.339 e. The molecule has 10 unspecified atom stereocenters. The first-order valence-corrected chi connectivity index (χ1v) is 29.6. The summed E-state index contributed by atoms with van der Waals surface area (Å²) in [5, 5.41) is 15.3. The lowest BCUT2D eigenvalue weighted by Gasteiger charge is -2.55. The Morgan fingerprint density at radius 2 is 1.35 bits per heavy atom. The minimum Gasteiger partial charge on any atom is -0.459 e. The second-order valence-electron chi connectivity index (χ2n) is 25.4. The molecule has 10 heterocycles. The van der Waals surface area contributed by atoms with Crippen LogP contribution in [-0.4, -0.2) is 145 Å². The van der Waals surface area contributed by atoms with Crippen LogP contribution < -0.4 is 0 Å². The van der Waals surface area contributed by atoms with Gasteiger partial charge in [-0.1, -0.05) is 93.3 Å². The molecule has 3 aromatic rings. The standard InChI is InChI=1S/C64H80O14/c1-35-25-49-52(31-58(66)74-49)73-57-30-51-53(78-63(57,4)32-35)26-37(3)60-48(71-51)19-11-10-18-44-45(75-60)20-12-22-47-46(70-44)21-13-23-56-64(5,77-47)33-55-50(72-56)29-54-61(76-55)43(65)28-40(69-54)24-36(2)34-68-62(67)59-41-16-8-6-14-38(41)27-39-15-7-9-17-42(39)59/h6-12,14-17,22,27,35,37,40,43-57,60-61,65H,2,13,18-21,23-26,28-34H2,1,3-5H3/t35-,37+,40-,43?,44?,45+,46?,47-,48?,49+,50?,51?,52?,53+,54?,55-,56?,57?,60-,61+,63-,64+/m1/s1. The lowest BCUT2D eigenvalue weighted by Crippen LogP contribution is -2.65. The molecule has 0 spiro atoms. The zero-order valence-electron chi connectivity index (χ0n) is 45.8. The van der Waals surface area contributed by atoms with Gasteiger partial charge in [-0.05, 0) is 123 Å². The summed E-state index contributed by atoms with van der Waals surface area (Å²) in [6, 6.07) is 17.9. The highest BCUT2D eigenvalue weighted by Crippen LogP contribution is 2.49. The fourth-order valence-corrected chi connectivity index (χ4v) is 15.7. The van der Waals surface area contributed by atoms with E-state index in [0.717, 1.165) is 78.5 Å². The van der Waals surface area contributed by atoms with Crippen LogP contribution in [0.5, 0.6) is 0 Å². The van der Waals surface area contributed by atoms with Gasteiger partial charge in [0.2, 0.25) is 0 Å². The minimum atomic E-state index is -0.745. The number of rotatable bonds is 5. The number of fused-ring (bicyclic) bond motifs is 11. The molecular weight excluding hydrogens is 993 g/mol. The van der Waals surface area contributed by atoms with Crippen LogP contribution in [0.3, 0.4) is 0 Å². The Morgan fingerprint density at radius 1 is 0.654 bits per heavy atom. The summed E-state index contributed by atoms with van der Waals surface area (Å²) in [5.74, 6) is -0.0819. The van der Waals surface area contributed by atoms with Crippen molar-refractivity contribution < 1.29 is 66.8 Å². The van der Waals surface area contributed by atoms with E-state index in [2.05, 4.69) is 64.6 Å². The molecule has 0 amide bonds. The topological polar surface area (TPSA) is 156 Å². The van der Waals surface area contributed by atoms with Crippen molar-refractivity contribution in [1.82, 2.24) is 0 Å². The predicted octanol–water partition coefficient (Wildman–Crippen LogP) is 9.92. The van der Waals surface area contributed by atoms with E-state index in [1.54, 1.807) is 0 Å². The zero-order valence-corrected chi connectivity index (χ0v) is 45.8. The largest absolute Gasteiger partial charge is 0.459 e. The number of esters is 2. The third-order valence-electron chi connectivity index (χ3n) is 19.4. The highest BCUT2D eigenvalue weighted by atomic mass is 16.6. The zero-order chi connectivity index (χ0) is 53.5. The molecule has 78 heavy (non-hydrogen) atoms. The van der Waals surface area contributed by atoms with E-state index >= 15 is 0 Å². The van der Waals surface area contributed by atoms with Crippen molar-refractivity contribution in [1.29, 1.82) is 0 Å². The van der Waals surface area contributed by atoms with Gasteiger partial charge in [0, 0.05) is 25.7 Å². The van der Waals surface area contributed by atoms with Crippen molar-refractivity contribution in [3.05, 3.63) is 96.6 Å². The molecule has 8 saturated heterocycles. The lowest BCUT2D eigenvalue weighted by molar-refractivity contribution is -0.316. The van der Waals surface area contributed by atoms with Crippen molar-refractivity contribution in [2.75, 3.05) is 6.61 Å². The number of carbonyl (C=O) groups excluding carboxylic acids is 2. The van der Waals surface area contributed by atoms with Crippen molar-refractivity contribution in [3.8, 4) is 0 Å². The van der Waals surface area contributed by atoms with Gasteiger partial charge in [0.15, 0.2) is 0 Å². The molecule has 0 bridgehead atoms. The second-order valence-corrected chi connectivity index (χ2v) is 25.4. The Kier molecular flexibility index (Phi) is 14.8. The van der Waals surface area contributed by atoms with E-state index in [0.29, 0.717) is 50.0 Å². The third kappa shape index (κ3) is 10.5. The Bertz CT molecular complexity index is 2720. The first-order valence-electron chi connectivity index (χ1n) is 29.6. The van der Waals surface area contributed by atoms with E-state index in [1.807, 2.05) is 48.5 Å². The Morgan fingerprint density at radius 3 is 2.15 bits per heavy atom. The van der Waals surface area contributed by atoms with E-state index in [1.165, 1.54) is 0 Å². The van der Waals surface area contributed by atoms with Crippen LogP contribution >= 0.6 is 0 Å². The van der Waals surface area contributed by atoms with E-state index in [-0.39, 0.29) is 123 Å². The molecule has 22 atom stereocenters. The van der Waals surface area contributed by atoms with Gasteiger partial charge in [0.1, 0.15) is 31.0 Å². The molecule has 10 aliphatic rings. The maximum atomic E-state index is 13.7. The van der Waals surface area contributed by atoms with E-state index in [9.17, 15) is 14.7 Å². The van der Waals surface area contributed by atoms with Gasteiger partial charge in [0.05, 0.1) is 109 Å². The maximum Gasteiger partial charge on any atom is 0.339 e. The average molecular weight is 1070 g/mol. The van der Waals surface area contributed by atoms with Gasteiger partial charge in [-0.25, -0.2) is 4.79 Å². The van der Waals surface area contributed by atoms with Gasteiger partial charge in [-0.2, -0.15) is 0 Å². The molecular formula is C64H80O14. The van der Waals surface area contributed by atoms with Crippen LogP contribution in [0.25, 0.3) is 21.5 Å². The van der Waals surface area contributed by atoms with Crippen LogP contribution in [0.2, 0.25) is 0 Å². The molecule has 14 heteroatoms. The number of ether oxygens (including phenoxy) is 11. The SMILES string of the molecule is C=C(COC(=O)c1c2ccccc2cc2ccccc12)C[C@@H]1CC(O)[C@@H]2O[C@@H]3C[C@]4(C)O[C@@H]5C=CC[C@@H]6O[C@H]7C(CC=CCC6OC5CCCC4OC3CC2O1)OC1CC2OC3CC(=O)O[C@H]3C[C@@H](C)C[C@@]2(C)O[C@H]1C[C@@H]7C. The van der Waals surface area contributed by atoms with Crippen molar-refractivity contribution in [3.63, 3.8) is 0 Å². The number of benzene rings is 3. The molecule has 1 N–H and O–H groups in total. The number of aliphatic hydroxyl groups excluding tert-OH is 1. The van der Waals surface area contributed by atoms with Gasteiger partial charge < -0.3 is 57.2 Å². The summed E-state index contributed by atoms with van der Waals surface area (Å²) in [4.78, 5) is 26.2. The van der Waals surface area contributed by atoms with Gasteiger partial charge in [-0.15, -0.1) is 0 Å². The van der Waals surface area contributed by atoms with Crippen molar-refractivity contribution >= 4 is 33.5 Å². The molecule has 13 rings (SSSR count). The van der Waals surface area contributed by atoms with Crippen LogP contribution in [0.1, 0.15) is 134 Å². The third-order valence-corrected chi connectivity index (χ3v) is 19.4. The van der Waals surface area contributed by atoms with Crippen LogP contribution in [0.4, 0.5) is 0 Å². The summed E-state index contributed by atoms with van der Waals surface area (Å²) in [6.07, 6.45) is 14.4. The molecule has 3 aromatic carbocycles. The molecule has 0 radical (unpaired) electrons. The molecule has 0 saturated carbocycles. The fraction of sp³-hybridized carbons (Fsp3) is 0.656. The fourth-order valence-electron chi connectivity index (χ4n) is 15.7. The summed E-state index contributed by atoms with van der Waals surface area (Å²) < 4.78 is 75.0. The molecule has 420 valence electrons. The molecule has 14 nitrogen and oxygen atoms in total. The molecule has 0 aromatic heterocycles.